The lowest BCUT2D eigenvalue weighted by molar-refractivity contribution is 0.276. The molecule has 0 radical (unpaired) electrons. The molecule has 0 bridgehead atoms. The van der Waals surface area contributed by atoms with Gasteiger partial charge in [0.1, 0.15) is 5.82 Å². The molecule has 0 atom stereocenters. The summed E-state index contributed by atoms with van der Waals surface area (Å²) in [6.07, 6.45) is 3.19. The van der Waals surface area contributed by atoms with E-state index < -0.39 is 0 Å². The number of aromatic nitrogens is 2. The van der Waals surface area contributed by atoms with Crippen molar-refractivity contribution in [3.8, 4) is 0 Å². The number of nitrogens with zero attached hydrogens (tertiary/aromatic N) is 2. The van der Waals surface area contributed by atoms with Gasteiger partial charge in [-0.15, -0.1) is 0 Å². The normalized spacial score (nSPS) is 10.3. The minimum Gasteiger partial charge on any atom is -0.390 e. The third-order valence-electron chi connectivity index (χ3n) is 1.28. The van der Waals surface area contributed by atoms with Crippen LogP contribution in [0.1, 0.15) is 19.5 Å². The topological polar surface area (TPSA) is 58.0 Å². The Morgan fingerprint density at radius 2 is 2.25 bits per heavy atom. The molecular formula is C8H13N3O. The maximum absolute atomic E-state index is 8.77. The molecule has 2 N–H and O–H groups in total. The van der Waals surface area contributed by atoms with Crippen LogP contribution in [0.25, 0.3) is 0 Å². The monoisotopic (exact) mass is 167 g/mol. The second-order valence-corrected chi connectivity index (χ2v) is 2.85. The second-order valence-electron chi connectivity index (χ2n) is 2.85. The number of hydrogen-bond acceptors (Lipinski definition) is 4. The Morgan fingerprint density at radius 3 is 2.83 bits per heavy atom. The minimum absolute atomic E-state index is 0.0688. The van der Waals surface area contributed by atoms with E-state index in [0.29, 0.717) is 17.6 Å². The van der Waals surface area contributed by atoms with Crippen LogP contribution in [0.5, 0.6) is 0 Å². The highest BCUT2D eigenvalue weighted by molar-refractivity contribution is 5.32. The molecule has 0 aliphatic carbocycles. The molecule has 0 spiro atoms. The predicted molar refractivity (Wildman–Crippen MR) is 46.7 cm³/mol. The van der Waals surface area contributed by atoms with Crippen molar-refractivity contribution in [1.29, 1.82) is 0 Å². The number of aliphatic hydroxyl groups excluding tert-OH is 1. The Balaban J connectivity index is 2.72. The Morgan fingerprint density at radius 1 is 1.50 bits per heavy atom. The quantitative estimate of drug-likeness (QED) is 0.698. The number of aliphatic hydroxyl groups is 1. The van der Waals surface area contributed by atoms with Crippen molar-refractivity contribution in [3.63, 3.8) is 0 Å². The average molecular weight is 167 g/mol. The Kier molecular flexibility index (Phi) is 2.99. The van der Waals surface area contributed by atoms with Crippen LogP contribution >= 0.6 is 0 Å². The molecule has 1 aromatic heterocycles. The fourth-order valence-electron chi connectivity index (χ4n) is 0.848. The Bertz CT molecular complexity index is 250. The molecule has 12 heavy (non-hydrogen) atoms. The van der Waals surface area contributed by atoms with Gasteiger partial charge >= 0.3 is 0 Å². The summed E-state index contributed by atoms with van der Waals surface area (Å²) in [5.74, 6) is 0.705. The highest BCUT2D eigenvalue weighted by Crippen LogP contribution is 2.03. The molecule has 1 aromatic rings. The summed E-state index contributed by atoms with van der Waals surface area (Å²) in [5, 5.41) is 11.9. The molecule has 0 amide bonds. The molecular weight excluding hydrogens is 154 g/mol. The smallest absolute Gasteiger partial charge is 0.145 e. The van der Waals surface area contributed by atoms with Gasteiger partial charge in [-0.1, -0.05) is 0 Å². The van der Waals surface area contributed by atoms with Gasteiger partial charge in [0.05, 0.1) is 24.7 Å². The molecule has 0 fully saturated rings. The van der Waals surface area contributed by atoms with E-state index in [1.54, 1.807) is 12.4 Å². The van der Waals surface area contributed by atoms with Crippen LogP contribution in [0.3, 0.4) is 0 Å². The highest BCUT2D eigenvalue weighted by atomic mass is 16.3. The van der Waals surface area contributed by atoms with Gasteiger partial charge in [0, 0.05) is 6.04 Å². The van der Waals surface area contributed by atoms with Crippen LogP contribution in [0.4, 0.5) is 5.82 Å². The number of hydrogen-bond donors (Lipinski definition) is 2. The van der Waals surface area contributed by atoms with Gasteiger partial charge in [-0.25, -0.2) is 4.98 Å². The number of nitrogens with one attached hydrogen (secondary N) is 1. The van der Waals surface area contributed by atoms with Crippen molar-refractivity contribution in [3.05, 3.63) is 18.1 Å². The first-order valence-corrected chi connectivity index (χ1v) is 3.90. The lowest BCUT2D eigenvalue weighted by Gasteiger charge is -2.08. The first-order valence-electron chi connectivity index (χ1n) is 3.90. The molecule has 4 heteroatoms. The van der Waals surface area contributed by atoms with Crippen molar-refractivity contribution in [1.82, 2.24) is 9.97 Å². The van der Waals surface area contributed by atoms with E-state index in [0.717, 1.165) is 0 Å². The van der Waals surface area contributed by atoms with Crippen LogP contribution in [0.15, 0.2) is 12.4 Å². The van der Waals surface area contributed by atoms with Gasteiger partial charge in [-0.05, 0) is 13.8 Å². The van der Waals surface area contributed by atoms with E-state index in [1.807, 2.05) is 13.8 Å². The van der Waals surface area contributed by atoms with Crippen LogP contribution < -0.4 is 5.32 Å². The zero-order valence-corrected chi connectivity index (χ0v) is 7.28. The lowest BCUT2D eigenvalue weighted by Crippen LogP contribution is -2.11. The van der Waals surface area contributed by atoms with Crippen molar-refractivity contribution >= 4 is 5.82 Å². The highest BCUT2D eigenvalue weighted by Gasteiger charge is 1.98. The summed E-state index contributed by atoms with van der Waals surface area (Å²) in [6, 6.07) is 0.327. The molecule has 66 valence electrons. The summed E-state index contributed by atoms with van der Waals surface area (Å²) in [7, 11) is 0. The largest absolute Gasteiger partial charge is 0.390 e. The van der Waals surface area contributed by atoms with E-state index in [4.69, 9.17) is 5.11 Å². The summed E-state index contributed by atoms with van der Waals surface area (Å²) in [4.78, 5) is 8.03. The summed E-state index contributed by atoms with van der Waals surface area (Å²) >= 11 is 0. The molecule has 4 nitrogen and oxygen atoms in total. The maximum atomic E-state index is 8.77. The molecule has 1 rings (SSSR count). The lowest BCUT2D eigenvalue weighted by atomic mass is 10.4. The molecule has 0 aliphatic rings. The fourth-order valence-corrected chi connectivity index (χ4v) is 0.848. The van der Waals surface area contributed by atoms with Crippen LogP contribution in [-0.2, 0) is 6.61 Å². The summed E-state index contributed by atoms with van der Waals surface area (Å²) < 4.78 is 0. The first-order chi connectivity index (χ1) is 5.72. The Labute approximate surface area is 71.7 Å². The molecule has 0 saturated carbocycles. The standard InChI is InChI=1S/C8H13N3O/c1-6(2)10-8-4-9-3-7(5-12)11-8/h3-4,6,12H,5H2,1-2H3,(H,10,11). The zero-order chi connectivity index (χ0) is 8.97. The summed E-state index contributed by atoms with van der Waals surface area (Å²) in [6.45, 7) is 3.97. The van der Waals surface area contributed by atoms with Crippen molar-refractivity contribution in [2.75, 3.05) is 5.32 Å². The zero-order valence-electron chi connectivity index (χ0n) is 7.28. The minimum atomic E-state index is -0.0688. The third kappa shape index (κ3) is 2.47. The molecule has 0 saturated heterocycles. The van der Waals surface area contributed by atoms with Gasteiger partial charge in [0.25, 0.3) is 0 Å². The van der Waals surface area contributed by atoms with E-state index in [-0.39, 0.29) is 6.61 Å². The van der Waals surface area contributed by atoms with E-state index in [9.17, 15) is 0 Å². The van der Waals surface area contributed by atoms with Gasteiger partial charge in [0.2, 0.25) is 0 Å². The Hall–Kier alpha value is -1.16. The van der Waals surface area contributed by atoms with Gasteiger partial charge in [-0.3, -0.25) is 4.98 Å². The number of anilines is 1. The predicted octanol–water partition coefficient (Wildman–Crippen LogP) is 0.789. The molecule has 0 aliphatic heterocycles. The molecule has 1 heterocycles. The van der Waals surface area contributed by atoms with Crippen molar-refractivity contribution < 1.29 is 5.11 Å². The average Bonchev–Trinajstić information content (AvgIpc) is 2.03. The summed E-state index contributed by atoms with van der Waals surface area (Å²) in [5.41, 5.74) is 0.584. The van der Waals surface area contributed by atoms with Crippen molar-refractivity contribution in [2.24, 2.45) is 0 Å². The maximum Gasteiger partial charge on any atom is 0.145 e. The second kappa shape index (κ2) is 4.01. The van der Waals surface area contributed by atoms with Gasteiger partial charge in [-0.2, -0.15) is 0 Å². The van der Waals surface area contributed by atoms with Crippen LogP contribution in [-0.4, -0.2) is 21.1 Å². The molecule has 0 aromatic carbocycles. The fraction of sp³-hybridized carbons (Fsp3) is 0.500. The first kappa shape index (κ1) is 8.93. The number of rotatable bonds is 3. The van der Waals surface area contributed by atoms with Gasteiger partial charge in [0.15, 0.2) is 0 Å². The SMILES string of the molecule is CC(C)Nc1cncc(CO)n1. The van der Waals surface area contributed by atoms with E-state index in [2.05, 4.69) is 15.3 Å². The molecule has 0 unspecified atom stereocenters. The van der Waals surface area contributed by atoms with Gasteiger partial charge < -0.3 is 10.4 Å². The van der Waals surface area contributed by atoms with Crippen LogP contribution in [0.2, 0.25) is 0 Å². The van der Waals surface area contributed by atoms with E-state index in [1.165, 1.54) is 0 Å². The van der Waals surface area contributed by atoms with Crippen LogP contribution in [0, 0.1) is 0 Å². The third-order valence-corrected chi connectivity index (χ3v) is 1.28. The van der Waals surface area contributed by atoms with E-state index >= 15 is 0 Å². The van der Waals surface area contributed by atoms with Crippen molar-refractivity contribution in [2.45, 2.75) is 26.5 Å².